The zero-order valence-electron chi connectivity index (χ0n) is 18.9. The van der Waals surface area contributed by atoms with Crippen LogP contribution in [0, 0.1) is 0 Å². The lowest BCUT2D eigenvalue weighted by Crippen LogP contribution is -2.42. The molecule has 0 aliphatic heterocycles. The molecule has 0 unspecified atom stereocenters. The van der Waals surface area contributed by atoms with Crippen molar-refractivity contribution in [1.82, 2.24) is 5.32 Å². The van der Waals surface area contributed by atoms with Crippen LogP contribution in [0.3, 0.4) is 0 Å². The van der Waals surface area contributed by atoms with Crippen molar-refractivity contribution in [2.75, 3.05) is 25.1 Å². The Labute approximate surface area is 195 Å². The number of carbonyl (C=O) groups is 1. The number of hydrogen-bond donors (Lipinski definition) is 1. The molecule has 8 heteroatoms. The molecule has 0 heterocycles. The fourth-order valence-electron chi connectivity index (χ4n) is 3.49. The average Bonchev–Trinajstić information content (AvgIpc) is 2.86. The summed E-state index contributed by atoms with van der Waals surface area (Å²) < 4.78 is 38.7. The molecule has 3 aromatic carbocycles. The smallest absolute Gasteiger partial charge is 0.264 e. The summed E-state index contributed by atoms with van der Waals surface area (Å²) in [5.74, 6) is 0.400. The van der Waals surface area contributed by atoms with E-state index in [1.165, 1.54) is 26.4 Å². The highest BCUT2D eigenvalue weighted by atomic mass is 32.2. The number of benzene rings is 3. The van der Waals surface area contributed by atoms with Crippen molar-refractivity contribution in [3.8, 4) is 11.5 Å². The number of carbonyl (C=O) groups excluding carboxylic acids is 1. The molecule has 7 nitrogen and oxygen atoms in total. The van der Waals surface area contributed by atoms with Crippen LogP contribution in [0.4, 0.5) is 5.69 Å². The predicted molar refractivity (Wildman–Crippen MR) is 128 cm³/mol. The van der Waals surface area contributed by atoms with Gasteiger partial charge in [-0.25, -0.2) is 8.42 Å². The van der Waals surface area contributed by atoms with E-state index in [2.05, 4.69) is 5.32 Å². The second kappa shape index (κ2) is 10.9. The lowest BCUT2D eigenvalue weighted by Gasteiger charge is -2.26. The topological polar surface area (TPSA) is 84.9 Å². The van der Waals surface area contributed by atoms with E-state index in [4.69, 9.17) is 9.47 Å². The first-order chi connectivity index (χ1) is 15.9. The van der Waals surface area contributed by atoms with Gasteiger partial charge in [-0.3, -0.25) is 9.10 Å². The number of nitrogens with one attached hydrogen (secondary N) is 1. The van der Waals surface area contributed by atoms with E-state index in [1.54, 1.807) is 36.4 Å². The van der Waals surface area contributed by atoms with Gasteiger partial charge in [0.25, 0.3) is 10.0 Å². The van der Waals surface area contributed by atoms with Crippen LogP contribution in [0.2, 0.25) is 0 Å². The van der Waals surface area contributed by atoms with Crippen LogP contribution >= 0.6 is 0 Å². The molecule has 0 saturated carbocycles. The fraction of sp³-hybridized carbons (Fsp3) is 0.240. The maximum absolute atomic E-state index is 13.5. The Morgan fingerprint density at radius 2 is 1.52 bits per heavy atom. The lowest BCUT2D eigenvalue weighted by atomic mass is 10.0. The van der Waals surface area contributed by atoms with Gasteiger partial charge in [-0.05, 0) is 36.2 Å². The second-order valence-corrected chi connectivity index (χ2v) is 9.17. The van der Waals surface area contributed by atoms with Crippen molar-refractivity contribution < 1.29 is 22.7 Å². The Bertz CT molecular complexity index is 1170. The summed E-state index contributed by atoms with van der Waals surface area (Å²) >= 11 is 0. The van der Waals surface area contributed by atoms with Gasteiger partial charge in [0.05, 0.1) is 30.8 Å². The summed E-state index contributed by atoms with van der Waals surface area (Å²) in [6, 6.07) is 22.1. The number of amides is 1. The highest BCUT2D eigenvalue weighted by Gasteiger charge is 2.28. The SMILES string of the molecule is CC[C@@H](NC(=O)CN(c1ccc(OC)c(OC)c1)S(=O)(=O)c1ccccc1)c1ccccc1. The van der Waals surface area contributed by atoms with Gasteiger partial charge >= 0.3 is 0 Å². The second-order valence-electron chi connectivity index (χ2n) is 7.30. The molecular weight excluding hydrogens is 440 g/mol. The molecule has 1 amide bonds. The highest BCUT2D eigenvalue weighted by molar-refractivity contribution is 7.92. The van der Waals surface area contributed by atoms with E-state index in [1.807, 2.05) is 37.3 Å². The van der Waals surface area contributed by atoms with Gasteiger partial charge in [-0.2, -0.15) is 0 Å². The average molecular weight is 469 g/mol. The Balaban J connectivity index is 1.96. The van der Waals surface area contributed by atoms with Gasteiger partial charge in [-0.15, -0.1) is 0 Å². The van der Waals surface area contributed by atoms with E-state index in [9.17, 15) is 13.2 Å². The molecule has 0 aliphatic rings. The quantitative estimate of drug-likeness (QED) is 0.483. The Morgan fingerprint density at radius 3 is 2.09 bits per heavy atom. The first kappa shape index (κ1) is 24.1. The Morgan fingerprint density at radius 1 is 0.909 bits per heavy atom. The largest absolute Gasteiger partial charge is 0.493 e. The molecule has 174 valence electrons. The van der Waals surface area contributed by atoms with E-state index in [-0.39, 0.29) is 10.9 Å². The highest BCUT2D eigenvalue weighted by Crippen LogP contribution is 2.33. The zero-order valence-corrected chi connectivity index (χ0v) is 19.7. The number of sulfonamides is 1. The molecule has 0 aliphatic carbocycles. The molecule has 0 fully saturated rings. The third kappa shape index (κ3) is 5.64. The Kier molecular flexibility index (Phi) is 7.95. The predicted octanol–water partition coefficient (Wildman–Crippen LogP) is 4.17. The molecule has 0 saturated heterocycles. The van der Waals surface area contributed by atoms with Crippen LogP contribution < -0.4 is 19.1 Å². The van der Waals surface area contributed by atoms with Crippen LogP contribution in [0.25, 0.3) is 0 Å². The summed E-state index contributed by atoms with van der Waals surface area (Å²) in [5.41, 5.74) is 1.25. The number of ether oxygens (including phenoxy) is 2. The van der Waals surface area contributed by atoms with Crippen molar-refractivity contribution in [1.29, 1.82) is 0 Å². The molecule has 3 rings (SSSR count). The van der Waals surface area contributed by atoms with Gasteiger partial charge in [0.1, 0.15) is 6.54 Å². The van der Waals surface area contributed by atoms with Crippen molar-refractivity contribution in [3.05, 3.63) is 84.4 Å². The molecule has 3 aromatic rings. The lowest BCUT2D eigenvalue weighted by molar-refractivity contribution is -0.120. The van der Waals surface area contributed by atoms with Crippen LogP contribution in [0.15, 0.2) is 83.8 Å². The first-order valence-corrected chi connectivity index (χ1v) is 12.0. The minimum Gasteiger partial charge on any atom is -0.493 e. The summed E-state index contributed by atoms with van der Waals surface area (Å²) in [7, 11) is -1.06. The minimum absolute atomic E-state index is 0.0858. The number of hydrogen-bond acceptors (Lipinski definition) is 5. The summed E-state index contributed by atoms with van der Waals surface area (Å²) in [4.78, 5) is 13.1. The summed E-state index contributed by atoms with van der Waals surface area (Å²) in [6.07, 6.45) is 0.664. The number of nitrogens with zero attached hydrogens (tertiary/aromatic N) is 1. The van der Waals surface area contributed by atoms with Crippen LogP contribution in [-0.4, -0.2) is 35.1 Å². The maximum Gasteiger partial charge on any atom is 0.264 e. The van der Waals surface area contributed by atoms with Gasteiger partial charge in [-0.1, -0.05) is 55.5 Å². The minimum atomic E-state index is -4.02. The number of methoxy groups -OCH3 is 2. The van der Waals surface area contributed by atoms with Gasteiger partial charge in [0.2, 0.25) is 5.91 Å². The summed E-state index contributed by atoms with van der Waals surface area (Å²) in [5, 5.41) is 2.96. The summed E-state index contributed by atoms with van der Waals surface area (Å²) in [6.45, 7) is 1.57. The monoisotopic (exact) mass is 468 g/mol. The maximum atomic E-state index is 13.5. The molecule has 33 heavy (non-hydrogen) atoms. The molecule has 0 spiro atoms. The third-order valence-corrected chi connectivity index (χ3v) is 7.01. The van der Waals surface area contributed by atoms with Gasteiger partial charge < -0.3 is 14.8 Å². The molecular formula is C25H28N2O5S. The molecule has 1 N–H and O–H groups in total. The van der Waals surface area contributed by atoms with Crippen LogP contribution in [-0.2, 0) is 14.8 Å². The van der Waals surface area contributed by atoms with Gasteiger partial charge in [0.15, 0.2) is 11.5 Å². The first-order valence-electron chi connectivity index (χ1n) is 10.5. The standard InChI is InChI=1S/C25H28N2O5S/c1-4-22(19-11-7-5-8-12-19)26-25(28)18-27(33(29,30)21-13-9-6-10-14-21)20-15-16-23(31-2)24(17-20)32-3/h5-17,22H,4,18H2,1-3H3,(H,26,28)/t22-/m1/s1. The number of rotatable bonds is 10. The van der Waals surface area contributed by atoms with E-state index < -0.39 is 22.5 Å². The van der Waals surface area contributed by atoms with E-state index in [0.717, 1.165) is 9.87 Å². The van der Waals surface area contributed by atoms with Crippen molar-refractivity contribution in [2.45, 2.75) is 24.3 Å². The van der Waals surface area contributed by atoms with E-state index in [0.29, 0.717) is 23.6 Å². The zero-order chi connectivity index (χ0) is 23.8. The molecule has 0 radical (unpaired) electrons. The molecule has 0 bridgehead atoms. The normalized spacial score (nSPS) is 12.0. The van der Waals surface area contributed by atoms with Crippen molar-refractivity contribution >= 4 is 21.6 Å². The number of anilines is 1. The van der Waals surface area contributed by atoms with Crippen molar-refractivity contribution in [3.63, 3.8) is 0 Å². The molecule has 0 aromatic heterocycles. The van der Waals surface area contributed by atoms with Crippen LogP contribution in [0.1, 0.15) is 24.9 Å². The Hall–Kier alpha value is -3.52. The third-order valence-electron chi connectivity index (χ3n) is 5.22. The van der Waals surface area contributed by atoms with E-state index >= 15 is 0 Å². The fourth-order valence-corrected chi connectivity index (χ4v) is 4.93. The molecule has 1 atom stereocenters. The van der Waals surface area contributed by atoms with Gasteiger partial charge in [0, 0.05) is 6.07 Å². The van der Waals surface area contributed by atoms with Crippen molar-refractivity contribution in [2.24, 2.45) is 0 Å². The van der Waals surface area contributed by atoms with Crippen LogP contribution in [0.5, 0.6) is 11.5 Å².